The summed E-state index contributed by atoms with van der Waals surface area (Å²) in [6.45, 7) is 1.76. The number of ketones is 1. The third kappa shape index (κ3) is 2.62. The Labute approximate surface area is 149 Å². The van der Waals surface area contributed by atoms with Crippen LogP contribution in [0.5, 0.6) is 0 Å². The summed E-state index contributed by atoms with van der Waals surface area (Å²) in [7, 11) is 2.10. The van der Waals surface area contributed by atoms with Gasteiger partial charge < -0.3 is 4.90 Å². The molecular formula is C21H27N3O. The number of hydrogen-bond donors (Lipinski definition) is 0. The molecule has 0 atom stereocenters. The van der Waals surface area contributed by atoms with Crippen LogP contribution in [0, 0.1) is 17.8 Å². The van der Waals surface area contributed by atoms with E-state index >= 15 is 0 Å². The maximum atomic E-state index is 13.0. The van der Waals surface area contributed by atoms with E-state index < -0.39 is 0 Å². The topological polar surface area (TPSA) is 36.4 Å². The first-order valence-corrected chi connectivity index (χ1v) is 9.72. The number of carbonyl (C=O) groups is 1. The Kier molecular flexibility index (Phi) is 3.53. The van der Waals surface area contributed by atoms with Crippen LogP contribution < -0.4 is 0 Å². The molecule has 2 heterocycles. The Balaban J connectivity index is 1.41. The molecule has 0 unspecified atom stereocenters. The Morgan fingerprint density at radius 1 is 1.08 bits per heavy atom. The van der Waals surface area contributed by atoms with E-state index in [0.29, 0.717) is 5.54 Å². The maximum Gasteiger partial charge on any atom is 0.191 e. The fourth-order valence-corrected chi connectivity index (χ4v) is 6.46. The lowest BCUT2D eigenvalue weighted by atomic mass is 9.52. The van der Waals surface area contributed by atoms with Gasteiger partial charge in [-0.15, -0.1) is 0 Å². The minimum Gasteiger partial charge on any atom is -0.367 e. The fourth-order valence-electron chi connectivity index (χ4n) is 6.46. The average Bonchev–Trinajstić information content (AvgIpc) is 2.60. The number of Topliss-reactive ketones (excluding diaryl/α,β-unsaturated/α-hetero) is 1. The minimum atomic E-state index is 0.156. The van der Waals surface area contributed by atoms with Crippen molar-refractivity contribution in [1.82, 2.24) is 14.8 Å². The van der Waals surface area contributed by atoms with Crippen molar-refractivity contribution < 1.29 is 4.79 Å². The zero-order valence-electron chi connectivity index (χ0n) is 15.0. The second kappa shape index (κ2) is 5.66. The molecule has 0 spiro atoms. The summed E-state index contributed by atoms with van der Waals surface area (Å²) < 4.78 is 0. The Bertz CT molecular complexity index is 676. The normalized spacial score (nSPS) is 37.2. The molecule has 4 saturated carbocycles. The van der Waals surface area contributed by atoms with Gasteiger partial charge in [0.05, 0.1) is 6.67 Å². The molecule has 0 amide bonds. The van der Waals surface area contributed by atoms with Crippen LogP contribution in [0.15, 0.2) is 36.3 Å². The van der Waals surface area contributed by atoms with Crippen molar-refractivity contribution in [3.05, 3.63) is 41.9 Å². The van der Waals surface area contributed by atoms with Crippen LogP contribution in [0.4, 0.5) is 0 Å². The van der Waals surface area contributed by atoms with E-state index in [2.05, 4.69) is 28.0 Å². The minimum absolute atomic E-state index is 0.156. The van der Waals surface area contributed by atoms with Crippen LogP contribution in [0.2, 0.25) is 0 Å². The van der Waals surface area contributed by atoms with Crippen LogP contribution in [0.3, 0.4) is 0 Å². The second-order valence-corrected chi connectivity index (χ2v) is 8.96. The van der Waals surface area contributed by atoms with Crippen LogP contribution in [-0.4, -0.2) is 46.4 Å². The second-order valence-electron chi connectivity index (χ2n) is 8.96. The number of pyridine rings is 1. The highest BCUT2D eigenvalue weighted by atomic mass is 16.1. The summed E-state index contributed by atoms with van der Waals surface area (Å²) in [5.41, 5.74) is 2.03. The van der Waals surface area contributed by atoms with E-state index in [4.69, 9.17) is 0 Å². The average molecular weight is 337 g/mol. The van der Waals surface area contributed by atoms with Crippen molar-refractivity contribution in [2.75, 3.05) is 20.3 Å². The maximum absolute atomic E-state index is 13.0. The Hall–Kier alpha value is -1.68. The summed E-state index contributed by atoms with van der Waals surface area (Å²) in [6.07, 6.45) is 13.9. The van der Waals surface area contributed by atoms with Crippen LogP contribution in [0.1, 0.15) is 48.9 Å². The molecular weight excluding hydrogens is 310 g/mol. The van der Waals surface area contributed by atoms with E-state index in [0.717, 1.165) is 42.1 Å². The van der Waals surface area contributed by atoms with Crippen molar-refractivity contribution >= 4 is 5.78 Å². The molecule has 132 valence electrons. The van der Waals surface area contributed by atoms with Gasteiger partial charge in [-0.25, -0.2) is 0 Å². The Morgan fingerprint density at radius 3 is 2.28 bits per heavy atom. The van der Waals surface area contributed by atoms with Crippen LogP contribution in [-0.2, 0) is 0 Å². The first-order chi connectivity index (χ1) is 12.1. The number of nitrogens with zero attached hydrogens (tertiary/aromatic N) is 3. The molecule has 4 heteroatoms. The van der Waals surface area contributed by atoms with Gasteiger partial charge in [0.15, 0.2) is 5.78 Å². The lowest BCUT2D eigenvalue weighted by molar-refractivity contribution is -0.0985. The highest BCUT2D eigenvalue weighted by molar-refractivity contribution is 6.08. The molecule has 4 bridgehead atoms. The van der Waals surface area contributed by atoms with Crippen LogP contribution in [0.25, 0.3) is 0 Å². The van der Waals surface area contributed by atoms with Gasteiger partial charge in [-0.3, -0.25) is 14.7 Å². The SMILES string of the molecule is CN1C=C(C(=O)c2ccncc2)CN(C23CC4CC(CC(C4)C2)C3)C1. The van der Waals surface area contributed by atoms with Gasteiger partial charge in [0.1, 0.15) is 0 Å². The van der Waals surface area contributed by atoms with Crippen molar-refractivity contribution in [3.8, 4) is 0 Å². The summed E-state index contributed by atoms with van der Waals surface area (Å²) in [5, 5.41) is 0. The standard InChI is InChI=1S/C21H27N3O/c1-23-12-19(20(25)18-2-4-22-5-3-18)13-24(14-23)21-9-15-6-16(10-21)8-17(7-15)11-21/h2-5,12,15-17H,6-11,13-14H2,1H3. The monoisotopic (exact) mass is 337 g/mol. The summed E-state index contributed by atoms with van der Waals surface area (Å²) in [6, 6.07) is 3.65. The number of aromatic nitrogens is 1. The number of hydrogen-bond acceptors (Lipinski definition) is 4. The molecule has 6 rings (SSSR count). The molecule has 1 aromatic rings. The number of carbonyl (C=O) groups excluding carboxylic acids is 1. The summed E-state index contributed by atoms with van der Waals surface area (Å²) in [4.78, 5) is 21.9. The highest BCUT2D eigenvalue weighted by Crippen LogP contribution is 2.58. The van der Waals surface area contributed by atoms with Gasteiger partial charge in [-0.2, -0.15) is 0 Å². The van der Waals surface area contributed by atoms with Crippen molar-refractivity contribution in [1.29, 1.82) is 0 Å². The lowest BCUT2D eigenvalue weighted by Gasteiger charge is -2.61. The summed E-state index contributed by atoms with van der Waals surface area (Å²) in [5.74, 6) is 2.95. The van der Waals surface area contributed by atoms with Gasteiger partial charge in [-0.1, -0.05) is 0 Å². The van der Waals surface area contributed by atoms with E-state index in [1.807, 2.05) is 12.1 Å². The zero-order chi connectivity index (χ0) is 17.0. The molecule has 1 aliphatic heterocycles. The summed E-state index contributed by atoms with van der Waals surface area (Å²) >= 11 is 0. The molecule has 4 aliphatic carbocycles. The van der Waals surface area contributed by atoms with Gasteiger partial charge in [0.2, 0.25) is 0 Å². The van der Waals surface area contributed by atoms with E-state index in [-0.39, 0.29) is 5.78 Å². The molecule has 0 N–H and O–H groups in total. The van der Waals surface area contributed by atoms with Gasteiger partial charge in [0, 0.05) is 48.9 Å². The molecule has 5 aliphatic rings. The number of rotatable bonds is 3. The molecule has 0 saturated heterocycles. The smallest absolute Gasteiger partial charge is 0.191 e. The third-order valence-corrected chi connectivity index (χ3v) is 7.04. The van der Waals surface area contributed by atoms with Gasteiger partial charge in [-0.05, 0) is 68.4 Å². The van der Waals surface area contributed by atoms with Crippen molar-refractivity contribution in [2.24, 2.45) is 17.8 Å². The van der Waals surface area contributed by atoms with Crippen molar-refractivity contribution in [2.45, 2.75) is 44.1 Å². The van der Waals surface area contributed by atoms with Gasteiger partial charge in [0.25, 0.3) is 0 Å². The Morgan fingerprint density at radius 2 is 1.68 bits per heavy atom. The molecule has 0 radical (unpaired) electrons. The highest BCUT2D eigenvalue weighted by Gasteiger charge is 2.54. The first-order valence-electron chi connectivity index (χ1n) is 9.72. The van der Waals surface area contributed by atoms with E-state index in [1.54, 1.807) is 12.4 Å². The molecule has 4 nitrogen and oxygen atoms in total. The quantitative estimate of drug-likeness (QED) is 0.793. The van der Waals surface area contributed by atoms with Gasteiger partial charge >= 0.3 is 0 Å². The molecule has 4 fully saturated rings. The third-order valence-electron chi connectivity index (χ3n) is 7.04. The fraction of sp³-hybridized carbons (Fsp3) is 0.619. The largest absolute Gasteiger partial charge is 0.367 e. The molecule has 25 heavy (non-hydrogen) atoms. The predicted molar refractivity (Wildman–Crippen MR) is 96.9 cm³/mol. The lowest BCUT2D eigenvalue weighted by Crippen LogP contribution is -2.62. The molecule has 0 aromatic carbocycles. The predicted octanol–water partition coefficient (Wildman–Crippen LogP) is 3.32. The van der Waals surface area contributed by atoms with Crippen LogP contribution >= 0.6 is 0 Å². The zero-order valence-corrected chi connectivity index (χ0v) is 15.0. The van der Waals surface area contributed by atoms with Crippen molar-refractivity contribution in [3.63, 3.8) is 0 Å². The van der Waals surface area contributed by atoms with E-state index in [9.17, 15) is 4.79 Å². The first kappa shape index (κ1) is 15.6. The molecule has 1 aromatic heterocycles. The van der Waals surface area contributed by atoms with E-state index in [1.165, 1.54) is 38.5 Å².